The summed E-state index contributed by atoms with van der Waals surface area (Å²) >= 11 is 0. The van der Waals surface area contributed by atoms with Gasteiger partial charge in [0, 0.05) is 44.3 Å². The van der Waals surface area contributed by atoms with E-state index in [1.165, 1.54) is 50.1 Å². The third-order valence-electron chi connectivity index (χ3n) is 19.2. The van der Waals surface area contributed by atoms with Crippen LogP contribution >= 0.6 is 0 Å². The van der Waals surface area contributed by atoms with Crippen molar-refractivity contribution in [2.45, 2.75) is 164 Å². The van der Waals surface area contributed by atoms with Crippen molar-refractivity contribution < 1.29 is 0 Å². The molecule has 10 nitrogen and oxygen atoms in total. The molecule has 95 heavy (non-hydrogen) atoms. The second-order valence-corrected chi connectivity index (χ2v) is 32.5. The first-order valence-electron chi connectivity index (χ1n) is 33.2. The summed E-state index contributed by atoms with van der Waals surface area (Å²) in [6, 6.07) is 49.4. The van der Waals surface area contributed by atoms with E-state index in [0.29, 0.717) is 11.3 Å². The molecule has 6 aromatic carbocycles. The zero-order valence-electron chi connectivity index (χ0n) is 58.3. The highest BCUT2D eigenvalue weighted by Gasteiger charge is 2.29. The number of hydrogen-bond donors (Lipinski definition) is 2. The van der Waals surface area contributed by atoms with Gasteiger partial charge >= 0.3 is 0 Å². The molecule has 8 bridgehead atoms. The summed E-state index contributed by atoms with van der Waals surface area (Å²) in [5.41, 5.74) is 19.9. The van der Waals surface area contributed by atoms with Gasteiger partial charge in [-0.25, -0.2) is 14.5 Å². The van der Waals surface area contributed by atoms with E-state index in [1.54, 1.807) is 30.3 Å². The summed E-state index contributed by atoms with van der Waals surface area (Å²) < 4.78 is 2.28. The molecule has 11 aromatic rings. The van der Waals surface area contributed by atoms with Gasteiger partial charge < -0.3 is 9.97 Å². The molecule has 0 atom stereocenters. The van der Waals surface area contributed by atoms with Crippen LogP contribution in [0.1, 0.15) is 186 Å². The average molecular weight is 1260 g/mol. The van der Waals surface area contributed by atoms with Gasteiger partial charge in [0.15, 0.2) is 0 Å². The Bertz CT molecular complexity index is 5210. The molecular formula is C85H86N6O4. The highest BCUT2D eigenvalue weighted by molar-refractivity contribution is 6.01. The van der Waals surface area contributed by atoms with Crippen molar-refractivity contribution in [2.75, 3.05) is 0 Å². The second kappa shape index (κ2) is 22.4. The van der Waals surface area contributed by atoms with Gasteiger partial charge in [-0.1, -0.05) is 222 Å². The van der Waals surface area contributed by atoms with Crippen molar-refractivity contribution in [3.05, 3.63) is 249 Å². The first-order valence-corrected chi connectivity index (χ1v) is 33.2. The summed E-state index contributed by atoms with van der Waals surface area (Å²) in [7, 11) is 0. The molecule has 13 rings (SSSR count). The maximum absolute atomic E-state index is 14.3. The van der Waals surface area contributed by atoms with E-state index in [9.17, 15) is 19.2 Å². The number of hydrogen-bond acceptors (Lipinski definition) is 6. The molecular weight excluding hydrogens is 1170 g/mol. The Kier molecular flexibility index (Phi) is 15.1. The number of rotatable bonds is 7. The van der Waals surface area contributed by atoms with E-state index in [0.717, 1.165) is 93.9 Å². The molecule has 0 saturated carbocycles. The van der Waals surface area contributed by atoms with Gasteiger partial charge in [0.2, 0.25) is 0 Å². The largest absolute Gasteiger partial charge is 0.354 e. The minimum Gasteiger partial charge on any atom is -0.354 e. The van der Waals surface area contributed by atoms with Crippen molar-refractivity contribution in [1.82, 2.24) is 29.1 Å². The SMILES string of the molecule is CC(C)(C)c1cc(-c2c3nc(c(-c4cc(C(C)(C)C)cc(C(C)(C)C)c4)c4ccc([nH]4)c(-c4cc(C(C)(C)C)cc(C(C)(C)C)c4)c4nc(c(-c5ccc(Cn6c(=O)c7cc8c(=O)n(-c9ccccc9)c(=O)c8cc7c6=O)cc5)c5ccc2[nH]5)C=C4)C=C3)cc(C(C)(C)C)c1. The first-order chi connectivity index (χ1) is 44.5. The van der Waals surface area contributed by atoms with Crippen LogP contribution in [0.3, 0.4) is 0 Å². The highest BCUT2D eigenvalue weighted by Crippen LogP contribution is 2.44. The minimum atomic E-state index is -0.539. The van der Waals surface area contributed by atoms with E-state index in [-0.39, 0.29) is 60.6 Å². The minimum absolute atomic E-state index is 0.0349. The summed E-state index contributed by atoms with van der Waals surface area (Å²) in [6.07, 6.45) is 8.63. The van der Waals surface area contributed by atoms with E-state index in [1.807, 2.05) is 24.3 Å². The molecule has 0 spiro atoms. The molecule has 10 heteroatoms. The first kappa shape index (κ1) is 63.9. The second-order valence-electron chi connectivity index (χ2n) is 32.5. The lowest BCUT2D eigenvalue weighted by atomic mass is 9.78. The third-order valence-corrected chi connectivity index (χ3v) is 19.2. The molecule has 480 valence electrons. The highest BCUT2D eigenvalue weighted by atomic mass is 16.2. The number of nitrogens with zero attached hydrogens (tertiary/aromatic N) is 4. The van der Waals surface area contributed by atoms with Crippen LogP contribution in [-0.2, 0) is 39.0 Å². The Labute approximate surface area is 556 Å². The zero-order chi connectivity index (χ0) is 68.0. The number of nitrogens with one attached hydrogen (secondary N) is 2. The molecule has 0 amide bonds. The van der Waals surface area contributed by atoms with E-state index < -0.39 is 22.2 Å². The van der Waals surface area contributed by atoms with Gasteiger partial charge in [0.25, 0.3) is 22.2 Å². The molecule has 2 N–H and O–H groups in total. The fourth-order valence-electron chi connectivity index (χ4n) is 13.3. The van der Waals surface area contributed by atoms with Crippen LogP contribution in [0.15, 0.2) is 165 Å². The predicted molar refractivity (Wildman–Crippen MR) is 398 cm³/mol. The lowest BCUT2D eigenvalue weighted by molar-refractivity contribution is 0.568. The monoisotopic (exact) mass is 1250 g/mol. The summed E-state index contributed by atoms with van der Waals surface area (Å²) in [6.45, 7) is 41.0. The van der Waals surface area contributed by atoms with Crippen LogP contribution in [0, 0.1) is 0 Å². The Balaban J connectivity index is 1.09. The van der Waals surface area contributed by atoms with Gasteiger partial charge in [-0.05, 0) is 167 Å². The zero-order valence-corrected chi connectivity index (χ0v) is 58.3. The van der Waals surface area contributed by atoms with Crippen molar-refractivity contribution in [3.8, 4) is 50.2 Å². The van der Waals surface area contributed by atoms with Crippen LogP contribution in [-0.4, -0.2) is 29.1 Å². The predicted octanol–water partition coefficient (Wildman–Crippen LogP) is 19.4. The Morgan fingerprint density at radius 3 is 0.895 bits per heavy atom. The Morgan fingerprint density at radius 2 is 0.600 bits per heavy atom. The van der Waals surface area contributed by atoms with Crippen LogP contribution in [0.2, 0.25) is 0 Å². The summed E-state index contributed by atoms with van der Waals surface area (Å²) in [5, 5.41) is 0.381. The summed E-state index contributed by atoms with van der Waals surface area (Å²) in [5.74, 6) is 0. The fraction of sp³-hybridized carbons (Fsp3) is 0.294. The smallest absolute Gasteiger partial charge is 0.266 e. The standard InChI is InChI=1S/C85H86N6O4/c1-80(2,3)53-36-50(37-54(42-53)81(4,5)6)73-66-30-28-64(86-66)72(49-26-24-48(25-27-49)47-90-76(92)60-45-62-63(46-61(60)77(90)93)79(95)91(78(62)94)59-22-20-19-21-23-59)65-29-31-67(87-65)74(51-38-55(82(7,8)9)43-56(39-51)83(10,11)12)69-33-35-71(89-69)75(70-34-32-68(73)88-70)52-40-57(84(13,14)15)44-58(41-52)85(16,17)18/h19-46,86,89H,47H2,1-18H3. The molecule has 0 radical (unpaired) electrons. The van der Waals surface area contributed by atoms with Gasteiger partial charge in [-0.2, -0.15) is 0 Å². The number of aromatic nitrogens is 6. The van der Waals surface area contributed by atoms with Gasteiger partial charge in [0.05, 0.1) is 56.6 Å². The Hall–Kier alpha value is -9.80. The van der Waals surface area contributed by atoms with Crippen LogP contribution in [0.5, 0.6) is 0 Å². The molecule has 0 aliphatic carbocycles. The number of para-hydroxylation sites is 1. The van der Waals surface area contributed by atoms with Crippen molar-refractivity contribution >= 4 is 67.9 Å². The maximum Gasteiger partial charge on any atom is 0.266 e. The van der Waals surface area contributed by atoms with Crippen molar-refractivity contribution in [1.29, 1.82) is 0 Å². The van der Waals surface area contributed by atoms with E-state index >= 15 is 0 Å². The molecule has 0 saturated heterocycles. The van der Waals surface area contributed by atoms with Gasteiger partial charge in [-0.3, -0.25) is 23.7 Å². The topological polar surface area (TPSA) is 135 Å². The molecule has 0 unspecified atom stereocenters. The quantitative estimate of drug-likeness (QED) is 0.163. The molecule has 2 aliphatic rings. The molecule has 0 fully saturated rings. The van der Waals surface area contributed by atoms with Crippen LogP contribution < -0.4 is 22.2 Å². The fourth-order valence-corrected chi connectivity index (χ4v) is 13.3. The molecule has 2 aliphatic heterocycles. The van der Waals surface area contributed by atoms with E-state index in [4.69, 9.17) is 9.97 Å². The van der Waals surface area contributed by atoms with Crippen LogP contribution in [0.4, 0.5) is 0 Å². The van der Waals surface area contributed by atoms with Gasteiger partial charge in [0.1, 0.15) is 0 Å². The lowest BCUT2D eigenvalue weighted by Crippen LogP contribution is -2.26. The normalized spacial score (nSPS) is 13.3. The molecule has 5 aromatic heterocycles. The summed E-state index contributed by atoms with van der Waals surface area (Å²) in [4.78, 5) is 75.8. The van der Waals surface area contributed by atoms with Crippen molar-refractivity contribution in [2.24, 2.45) is 0 Å². The molecule has 7 heterocycles. The van der Waals surface area contributed by atoms with E-state index in [2.05, 4.69) is 238 Å². The number of H-pyrrole nitrogens is 2. The Morgan fingerprint density at radius 1 is 0.316 bits per heavy atom. The van der Waals surface area contributed by atoms with Crippen LogP contribution in [0.25, 0.3) is 118 Å². The number of benzene rings is 6. The number of aromatic amines is 2. The van der Waals surface area contributed by atoms with Crippen molar-refractivity contribution in [3.63, 3.8) is 0 Å². The number of fused-ring (bicyclic) bond motifs is 10. The van der Waals surface area contributed by atoms with Gasteiger partial charge in [-0.15, -0.1) is 0 Å². The lowest BCUT2D eigenvalue weighted by Gasteiger charge is -2.26. The maximum atomic E-state index is 14.3. The third kappa shape index (κ3) is 11.7. The average Bonchev–Trinajstić information content (AvgIpc) is 1.61.